The molecule has 160 valence electrons. The van der Waals surface area contributed by atoms with Gasteiger partial charge in [-0.25, -0.2) is 8.42 Å². The first-order valence-electron chi connectivity index (χ1n) is 9.15. The van der Waals surface area contributed by atoms with Crippen LogP contribution in [0, 0.1) is 10.1 Å². The molecule has 1 amide bonds. The quantitative estimate of drug-likeness (QED) is 0.523. The number of hydrogen-bond donors (Lipinski definition) is 1. The maximum absolute atomic E-state index is 13.0. The predicted octanol–water partition coefficient (Wildman–Crippen LogP) is 2.55. The Kier molecular flexibility index (Phi) is 6.11. The zero-order chi connectivity index (χ0) is 21.9. The minimum atomic E-state index is -3.92. The number of nitro groups is 1. The van der Waals surface area contributed by atoms with E-state index in [0.717, 1.165) is 16.6 Å². The molecule has 3 rings (SSSR count). The lowest BCUT2D eigenvalue weighted by Crippen LogP contribution is -2.47. The van der Waals surface area contributed by atoms with E-state index in [1.54, 1.807) is 25.1 Å². The Bertz CT molecular complexity index is 1070. The average Bonchev–Trinajstić information content (AvgIpc) is 2.70. The molecule has 0 aromatic heterocycles. The third-order valence-corrected chi connectivity index (χ3v) is 5.61. The van der Waals surface area contributed by atoms with Crippen LogP contribution in [-0.4, -0.2) is 44.8 Å². The van der Waals surface area contributed by atoms with Crippen molar-refractivity contribution in [1.82, 2.24) is 0 Å². The second-order valence-electron chi connectivity index (χ2n) is 6.61. The summed E-state index contributed by atoms with van der Waals surface area (Å²) in [6, 6.07) is 8.91. The molecule has 0 bridgehead atoms. The summed E-state index contributed by atoms with van der Waals surface area (Å²) < 4.78 is 36.8. The van der Waals surface area contributed by atoms with Gasteiger partial charge in [-0.05, 0) is 24.6 Å². The van der Waals surface area contributed by atoms with Crippen LogP contribution in [0.25, 0.3) is 0 Å². The van der Waals surface area contributed by atoms with Crippen LogP contribution in [-0.2, 0) is 14.8 Å². The molecular formula is C19H21N3O7S. The molecule has 1 atom stereocenters. The van der Waals surface area contributed by atoms with Crippen molar-refractivity contribution in [2.24, 2.45) is 0 Å². The molecule has 0 saturated carbocycles. The molecule has 0 aliphatic carbocycles. The van der Waals surface area contributed by atoms with E-state index in [1.165, 1.54) is 18.2 Å². The lowest BCUT2D eigenvalue weighted by molar-refractivity contribution is -0.384. The Labute approximate surface area is 173 Å². The number of amides is 1. The first kappa shape index (κ1) is 21.4. The van der Waals surface area contributed by atoms with Gasteiger partial charge in [-0.2, -0.15) is 0 Å². The van der Waals surface area contributed by atoms with Gasteiger partial charge in [0.15, 0.2) is 11.5 Å². The molecule has 30 heavy (non-hydrogen) atoms. The maximum atomic E-state index is 13.0. The minimum Gasteiger partial charge on any atom is -0.486 e. The Balaban J connectivity index is 1.91. The monoisotopic (exact) mass is 435 g/mol. The van der Waals surface area contributed by atoms with Gasteiger partial charge >= 0.3 is 0 Å². The van der Waals surface area contributed by atoms with Gasteiger partial charge in [-0.3, -0.25) is 19.2 Å². The molecule has 1 aliphatic rings. The van der Waals surface area contributed by atoms with Crippen LogP contribution in [0.2, 0.25) is 0 Å². The summed E-state index contributed by atoms with van der Waals surface area (Å²) in [5, 5.41) is 13.8. The number of rotatable bonds is 7. The molecule has 0 spiro atoms. The largest absolute Gasteiger partial charge is 0.486 e. The van der Waals surface area contributed by atoms with Crippen molar-refractivity contribution < 1.29 is 27.6 Å². The van der Waals surface area contributed by atoms with Crippen LogP contribution in [0.15, 0.2) is 42.5 Å². The number of fused-ring (bicyclic) bond motifs is 1. The molecule has 0 radical (unpaired) electrons. The van der Waals surface area contributed by atoms with Gasteiger partial charge in [0.2, 0.25) is 15.9 Å². The molecule has 1 aliphatic heterocycles. The van der Waals surface area contributed by atoms with Crippen LogP contribution in [0.5, 0.6) is 11.5 Å². The van der Waals surface area contributed by atoms with Crippen molar-refractivity contribution in [3.05, 3.63) is 52.6 Å². The van der Waals surface area contributed by atoms with E-state index in [4.69, 9.17) is 9.47 Å². The number of anilines is 2. The van der Waals surface area contributed by atoms with Gasteiger partial charge < -0.3 is 14.8 Å². The van der Waals surface area contributed by atoms with E-state index in [2.05, 4.69) is 5.32 Å². The summed E-state index contributed by atoms with van der Waals surface area (Å²) in [4.78, 5) is 23.4. The van der Waals surface area contributed by atoms with E-state index in [-0.39, 0.29) is 17.8 Å². The molecule has 0 fully saturated rings. The summed E-state index contributed by atoms with van der Waals surface area (Å²) in [6.45, 7) is 2.48. The highest BCUT2D eigenvalue weighted by Crippen LogP contribution is 2.33. The molecule has 11 heteroatoms. The van der Waals surface area contributed by atoms with Crippen molar-refractivity contribution in [3.63, 3.8) is 0 Å². The van der Waals surface area contributed by atoms with E-state index in [1.807, 2.05) is 0 Å². The van der Waals surface area contributed by atoms with E-state index < -0.39 is 26.9 Å². The number of carbonyl (C=O) groups is 1. The molecule has 0 unspecified atom stereocenters. The molecule has 10 nitrogen and oxygen atoms in total. The smallest absolute Gasteiger partial charge is 0.271 e. The van der Waals surface area contributed by atoms with Crippen molar-refractivity contribution in [3.8, 4) is 11.5 Å². The minimum absolute atomic E-state index is 0.0378. The Morgan fingerprint density at radius 2 is 1.90 bits per heavy atom. The van der Waals surface area contributed by atoms with Crippen molar-refractivity contribution in [2.45, 2.75) is 19.4 Å². The fraction of sp³-hybridized carbons (Fsp3) is 0.316. The lowest BCUT2D eigenvalue weighted by atomic mass is 10.1. The molecule has 2 aromatic carbocycles. The number of hydrogen-bond acceptors (Lipinski definition) is 7. The number of non-ortho nitro benzene ring substituents is 1. The standard InChI is InChI=1S/C19H21N3O7S/c1-3-16(19(23)20-13-7-8-17-18(11-13)29-10-9-28-17)21(30(2,26)27)14-5-4-6-15(12-14)22(24)25/h4-8,11-12,16H,3,9-10H2,1-2H3,(H,20,23)/t16-/m1/s1. The SMILES string of the molecule is CC[C@H](C(=O)Nc1ccc2c(c1)OCCO2)N(c1cccc([N+](=O)[O-])c1)S(C)(=O)=O. The first-order valence-corrected chi connectivity index (χ1v) is 11.0. The fourth-order valence-corrected chi connectivity index (χ4v) is 4.35. The third kappa shape index (κ3) is 4.62. The van der Waals surface area contributed by atoms with Crippen LogP contribution >= 0.6 is 0 Å². The number of nitrogens with zero attached hydrogens (tertiary/aromatic N) is 2. The van der Waals surface area contributed by atoms with E-state index in [9.17, 15) is 23.3 Å². The second kappa shape index (κ2) is 8.57. The summed E-state index contributed by atoms with van der Waals surface area (Å²) in [6.07, 6.45) is 1.10. The predicted molar refractivity (Wildman–Crippen MR) is 111 cm³/mol. The van der Waals surface area contributed by atoms with Crippen LogP contribution in [0.1, 0.15) is 13.3 Å². The molecule has 1 heterocycles. The Morgan fingerprint density at radius 3 is 2.53 bits per heavy atom. The molecule has 2 aromatic rings. The number of sulfonamides is 1. The van der Waals surface area contributed by atoms with Crippen LogP contribution < -0.4 is 19.1 Å². The van der Waals surface area contributed by atoms with E-state index >= 15 is 0 Å². The Hall–Kier alpha value is -3.34. The highest BCUT2D eigenvalue weighted by atomic mass is 32.2. The number of nitrogens with one attached hydrogen (secondary N) is 1. The second-order valence-corrected chi connectivity index (χ2v) is 8.47. The highest BCUT2D eigenvalue weighted by Gasteiger charge is 2.32. The average molecular weight is 435 g/mol. The normalized spacial score (nSPS) is 13.9. The molecular weight excluding hydrogens is 414 g/mol. The fourth-order valence-electron chi connectivity index (χ4n) is 3.15. The van der Waals surface area contributed by atoms with Crippen LogP contribution in [0.4, 0.5) is 17.1 Å². The van der Waals surface area contributed by atoms with Gasteiger partial charge in [0, 0.05) is 23.9 Å². The highest BCUT2D eigenvalue weighted by molar-refractivity contribution is 7.92. The van der Waals surface area contributed by atoms with Gasteiger partial charge in [-0.15, -0.1) is 0 Å². The number of carbonyl (C=O) groups excluding carboxylic acids is 1. The summed E-state index contributed by atoms with van der Waals surface area (Å²) in [5.41, 5.74) is 0.175. The zero-order valence-electron chi connectivity index (χ0n) is 16.4. The van der Waals surface area contributed by atoms with Crippen molar-refractivity contribution in [1.29, 1.82) is 0 Å². The maximum Gasteiger partial charge on any atom is 0.271 e. The van der Waals surface area contributed by atoms with Gasteiger partial charge in [0.25, 0.3) is 5.69 Å². The topological polar surface area (TPSA) is 128 Å². The van der Waals surface area contributed by atoms with Gasteiger partial charge in [0.05, 0.1) is 16.9 Å². The van der Waals surface area contributed by atoms with Gasteiger partial charge in [-0.1, -0.05) is 13.0 Å². The first-order chi connectivity index (χ1) is 14.2. The Morgan fingerprint density at radius 1 is 1.20 bits per heavy atom. The van der Waals surface area contributed by atoms with Crippen LogP contribution in [0.3, 0.4) is 0 Å². The molecule has 0 saturated heterocycles. The number of nitro benzene ring substituents is 1. The summed E-state index contributed by atoms with van der Waals surface area (Å²) >= 11 is 0. The van der Waals surface area contributed by atoms with Crippen molar-refractivity contribution in [2.75, 3.05) is 29.1 Å². The zero-order valence-corrected chi connectivity index (χ0v) is 17.2. The number of ether oxygens (including phenoxy) is 2. The van der Waals surface area contributed by atoms with E-state index in [0.29, 0.717) is 30.4 Å². The third-order valence-electron chi connectivity index (χ3n) is 4.43. The van der Waals surface area contributed by atoms with Gasteiger partial charge in [0.1, 0.15) is 19.3 Å². The van der Waals surface area contributed by atoms with Crippen molar-refractivity contribution >= 4 is 33.0 Å². The lowest BCUT2D eigenvalue weighted by Gasteiger charge is -2.30. The number of benzene rings is 2. The summed E-state index contributed by atoms with van der Waals surface area (Å²) in [5.74, 6) is 0.456. The summed E-state index contributed by atoms with van der Waals surface area (Å²) in [7, 11) is -3.92. The molecule has 1 N–H and O–H groups in total.